The Morgan fingerprint density at radius 1 is 0.490 bits per heavy atom. The van der Waals surface area contributed by atoms with Crippen molar-refractivity contribution in [3.63, 3.8) is 0 Å². The Kier molecular flexibility index (Phi) is 6.59. The van der Waals surface area contributed by atoms with Crippen molar-refractivity contribution in [3.05, 3.63) is 156 Å². The highest BCUT2D eigenvalue weighted by Gasteiger charge is 2.35. The van der Waals surface area contributed by atoms with Gasteiger partial charge in [-0.15, -0.1) is 0 Å². The lowest BCUT2D eigenvalue weighted by Crippen LogP contribution is -2.14. The maximum atomic E-state index is 2.48. The van der Waals surface area contributed by atoms with Crippen LogP contribution in [0.2, 0.25) is 0 Å². The Morgan fingerprint density at radius 3 is 2.04 bits per heavy atom. The first kappa shape index (κ1) is 30.7. The fraction of sp³-hybridized carbons (Fsp3) is 0.160. The molecule has 246 valence electrons. The highest BCUT2D eigenvalue weighted by Crippen LogP contribution is 2.54. The van der Waals surface area contributed by atoms with Crippen LogP contribution in [0.25, 0.3) is 76.8 Å². The molecule has 1 heterocycles. The summed E-state index contributed by atoms with van der Waals surface area (Å²) in [6, 6.07) is 52.9. The molecule has 1 aliphatic carbocycles. The Morgan fingerprint density at radius 2 is 1.16 bits per heavy atom. The summed E-state index contributed by atoms with van der Waals surface area (Å²) in [6.07, 6.45) is 1.00. The number of hydrogen-bond donors (Lipinski definition) is 0. The molecule has 0 nitrogen and oxygen atoms in total. The van der Waals surface area contributed by atoms with Crippen molar-refractivity contribution in [2.75, 3.05) is 0 Å². The molecule has 0 saturated heterocycles. The van der Waals surface area contributed by atoms with Crippen LogP contribution in [0, 0.1) is 5.41 Å². The van der Waals surface area contributed by atoms with Gasteiger partial charge in [0.15, 0.2) is 0 Å². The average Bonchev–Trinajstić information content (AvgIpc) is 3.37. The molecule has 0 spiro atoms. The summed E-state index contributed by atoms with van der Waals surface area (Å²) in [5.41, 5.74) is 15.1. The van der Waals surface area contributed by atoms with Crippen LogP contribution in [0.15, 0.2) is 149 Å². The highest BCUT2D eigenvalue weighted by molar-refractivity contribution is 7.99. The molecule has 8 aromatic carbocycles. The first-order valence-corrected chi connectivity index (χ1v) is 19.0. The van der Waals surface area contributed by atoms with Gasteiger partial charge in [-0.3, -0.25) is 0 Å². The average molecular weight is 673 g/mol. The third-order valence-electron chi connectivity index (χ3n) is 11.4. The van der Waals surface area contributed by atoms with Gasteiger partial charge in [-0.2, -0.15) is 0 Å². The lowest BCUT2D eigenvalue weighted by Gasteiger charge is -2.29. The molecule has 1 heteroatoms. The van der Waals surface area contributed by atoms with E-state index in [4.69, 9.17) is 0 Å². The predicted molar refractivity (Wildman–Crippen MR) is 220 cm³/mol. The summed E-state index contributed by atoms with van der Waals surface area (Å²) in [5, 5.41) is 8.06. The molecule has 0 amide bonds. The van der Waals surface area contributed by atoms with Crippen LogP contribution < -0.4 is 0 Å². The van der Waals surface area contributed by atoms with Crippen LogP contribution in [-0.4, -0.2) is 0 Å². The van der Waals surface area contributed by atoms with Gasteiger partial charge < -0.3 is 0 Å². The van der Waals surface area contributed by atoms with E-state index in [0.717, 1.165) is 6.42 Å². The standard InChI is InChI=1S/C50H40S/c1-49(2,3)29-42-36-23-20-31(32-21-24-38-37-15-8-9-18-43(37)50(4,5)44(38)27-32)26-41(36)39-17-11-19-45-48(39)47(42)40-25-22-33(28-46(40)51-45)35-16-10-13-30-12-6-7-14-34(30)35/h6-28H,29H2,1-5H3. The van der Waals surface area contributed by atoms with E-state index in [-0.39, 0.29) is 10.8 Å². The van der Waals surface area contributed by atoms with E-state index < -0.39 is 0 Å². The van der Waals surface area contributed by atoms with Crippen molar-refractivity contribution in [2.24, 2.45) is 5.41 Å². The summed E-state index contributed by atoms with van der Waals surface area (Å²) in [5.74, 6) is 0. The minimum Gasteiger partial charge on any atom is -0.0888 e. The van der Waals surface area contributed by atoms with Gasteiger partial charge >= 0.3 is 0 Å². The number of hydrogen-bond acceptors (Lipinski definition) is 1. The minimum atomic E-state index is -0.0236. The van der Waals surface area contributed by atoms with E-state index in [1.807, 2.05) is 11.8 Å². The molecule has 2 aliphatic rings. The lowest BCUT2D eigenvalue weighted by molar-refractivity contribution is 0.413. The van der Waals surface area contributed by atoms with Crippen molar-refractivity contribution in [2.45, 2.75) is 56.2 Å². The van der Waals surface area contributed by atoms with Gasteiger partial charge in [0.2, 0.25) is 0 Å². The fourth-order valence-corrected chi connectivity index (χ4v) is 10.2. The molecule has 0 aromatic heterocycles. The van der Waals surface area contributed by atoms with Crippen LogP contribution in [0.3, 0.4) is 0 Å². The number of rotatable bonds is 3. The molecule has 0 atom stereocenters. The quantitative estimate of drug-likeness (QED) is 0.168. The van der Waals surface area contributed by atoms with Crippen molar-refractivity contribution in [3.8, 4) is 44.5 Å². The molecule has 51 heavy (non-hydrogen) atoms. The Hall–Kier alpha value is -5.11. The summed E-state index contributed by atoms with van der Waals surface area (Å²) in [6.45, 7) is 11.9. The summed E-state index contributed by atoms with van der Waals surface area (Å²) in [4.78, 5) is 2.69. The smallest absolute Gasteiger partial charge is 0.0207 e. The van der Waals surface area contributed by atoms with Crippen LogP contribution in [0.1, 0.15) is 51.3 Å². The number of benzene rings is 8. The van der Waals surface area contributed by atoms with Crippen LogP contribution in [-0.2, 0) is 11.8 Å². The van der Waals surface area contributed by atoms with E-state index in [1.165, 1.54) is 103 Å². The van der Waals surface area contributed by atoms with E-state index in [2.05, 4.69) is 174 Å². The Balaban J connectivity index is 1.18. The Bertz CT molecular complexity index is 2750. The van der Waals surface area contributed by atoms with Crippen LogP contribution in [0.5, 0.6) is 0 Å². The zero-order valence-electron chi connectivity index (χ0n) is 29.9. The molecule has 1 aliphatic heterocycles. The molecule has 0 saturated carbocycles. The second-order valence-electron chi connectivity index (χ2n) is 16.3. The minimum absolute atomic E-state index is 0.0236. The molecule has 0 radical (unpaired) electrons. The first-order valence-electron chi connectivity index (χ1n) is 18.2. The maximum absolute atomic E-state index is 2.48. The van der Waals surface area contributed by atoms with Gasteiger partial charge in [-0.1, -0.05) is 162 Å². The van der Waals surface area contributed by atoms with Gasteiger partial charge in [0.05, 0.1) is 0 Å². The van der Waals surface area contributed by atoms with Gasteiger partial charge in [0.25, 0.3) is 0 Å². The third kappa shape index (κ3) is 4.68. The largest absolute Gasteiger partial charge is 0.0888 e. The monoisotopic (exact) mass is 672 g/mol. The van der Waals surface area contributed by atoms with Gasteiger partial charge in [0.1, 0.15) is 0 Å². The van der Waals surface area contributed by atoms with E-state index >= 15 is 0 Å². The second kappa shape index (κ2) is 10.9. The zero-order valence-corrected chi connectivity index (χ0v) is 30.7. The second-order valence-corrected chi connectivity index (χ2v) is 17.4. The van der Waals surface area contributed by atoms with E-state index in [9.17, 15) is 0 Å². The van der Waals surface area contributed by atoms with Crippen molar-refractivity contribution < 1.29 is 0 Å². The molecule has 0 bridgehead atoms. The molecule has 8 aromatic rings. The maximum Gasteiger partial charge on any atom is 0.0207 e. The zero-order chi connectivity index (χ0) is 34.6. The third-order valence-corrected chi connectivity index (χ3v) is 12.5. The highest BCUT2D eigenvalue weighted by atomic mass is 32.2. The van der Waals surface area contributed by atoms with Crippen LogP contribution in [0.4, 0.5) is 0 Å². The SMILES string of the molecule is CC(C)(C)Cc1c2c3c(cccc3c3cc(-c4ccc5c(c4)C(C)(C)c4ccccc4-5)ccc13)Sc1cc(-c3cccc4ccccc34)ccc1-2. The summed E-state index contributed by atoms with van der Waals surface area (Å²) in [7, 11) is 0. The van der Waals surface area contributed by atoms with Crippen LogP contribution >= 0.6 is 11.8 Å². The lowest BCUT2D eigenvalue weighted by atomic mass is 9.79. The van der Waals surface area contributed by atoms with Gasteiger partial charge in [0, 0.05) is 20.6 Å². The summed E-state index contributed by atoms with van der Waals surface area (Å²) < 4.78 is 0. The summed E-state index contributed by atoms with van der Waals surface area (Å²) >= 11 is 1.93. The molecule has 0 fully saturated rings. The Labute approximate surface area is 305 Å². The first-order chi connectivity index (χ1) is 24.7. The molecule has 0 unspecified atom stereocenters. The normalized spacial score (nSPS) is 14.1. The topological polar surface area (TPSA) is 0 Å². The van der Waals surface area contributed by atoms with Gasteiger partial charge in [-0.05, 0) is 124 Å². The van der Waals surface area contributed by atoms with Crippen molar-refractivity contribution in [1.82, 2.24) is 0 Å². The van der Waals surface area contributed by atoms with E-state index in [1.54, 1.807) is 0 Å². The number of fused-ring (bicyclic) bond motifs is 8. The molecule has 0 N–H and O–H groups in total. The van der Waals surface area contributed by atoms with Gasteiger partial charge in [-0.25, -0.2) is 0 Å². The molecular formula is C50H40S. The molecule has 10 rings (SSSR count). The van der Waals surface area contributed by atoms with E-state index in [0.29, 0.717) is 0 Å². The predicted octanol–water partition coefficient (Wildman–Crippen LogP) is 14.5. The fourth-order valence-electron chi connectivity index (χ4n) is 9.07. The molecular weight excluding hydrogens is 633 g/mol. The van der Waals surface area contributed by atoms with Crippen molar-refractivity contribution >= 4 is 44.1 Å². The van der Waals surface area contributed by atoms with Crippen molar-refractivity contribution in [1.29, 1.82) is 0 Å².